The Bertz CT molecular complexity index is 326. The van der Waals surface area contributed by atoms with Gasteiger partial charge in [-0.3, -0.25) is 0 Å². The molecule has 0 saturated carbocycles. The number of halogens is 1. The van der Waals surface area contributed by atoms with E-state index in [0.29, 0.717) is 17.0 Å². The van der Waals surface area contributed by atoms with Crippen LogP contribution in [-0.2, 0) is 0 Å². The fourth-order valence-corrected chi connectivity index (χ4v) is 1.06. The fraction of sp³-hybridized carbons (Fsp3) is 0.333. The van der Waals surface area contributed by atoms with E-state index in [1.54, 1.807) is 6.92 Å². The van der Waals surface area contributed by atoms with Crippen molar-refractivity contribution in [2.75, 3.05) is 20.0 Å². The molecule has 0 bridgehead atoms. The highest BCUT2D eigenvalue weighted by Crippen LogP contribution is 2.35. The highest BCUT2D eigenvalue weighted by molar-refractivity contribution is 5.58. The van der Waals surface area contributed by atoms with Gasteiger partial charge in [-0.15, -0.1) is 0 Å². The summed E-state index contributed by atoms with van der Waals surface area (Å²) in [5.74, 6) is -0.0725. The molecule has 0 aromatic heterocycles. The average Bonchev–Trinajstić information content (AvgIpc) is 2.13. The number of rotatable bonds is 2. The van der Waals surface area contributed by atoms with Crippen LogP contribution in [0, 0.1) is 12.7 Å². The lowest BCUT2D eigenvalue weighted by Gasteiger charge is -2.11. The predicted octanol–water partition coefficient (Wildman–Crippen LogP) is 1.73. The van der Waals surface area contributed by atoms with Gasteiger partial charge in [-0.05, 0) is 6.92 Å². The molecule has 0 aliphatic rings. The molecule has 0 atom stereocenters. The van der Waals surface area contributed by atoms with E-state index < -0.39 is 5.82 Å². The molecule has 72 valence electrons. The monoisotopic (exact) mass is 185 g/mol. The lowest BCUT2D eigenvalue weighted by molar-refractivity contribution is 0.337. The van der Waals surface area contributed by atoms with E-state index in [9.17, 15) is 4.39 Å². The topological polar surface area (TPSA) is 44.5 Å². The second kappa shape index (κ2) is 3.51. The molecule has 0 fully saturated rings. The molecule has 2 N–H and O–H groups in total. The van der Waals surface area contributed by atoms with Crippen LogP contribution in [0.3, 0.4) is 0 Å². The zero-order valence-electron chi connectivity index (χ0n) is 7.85. The molecule has 3 nitrogen and oxygen atoms in total. The van der Waals surface area contributed by atoms with Gasteiger partial charge in [0.15, 0.2) is 17.3 Å². The first-order chi connectivity index (χ1) is 6.11. The third-order valence-corrected chi connectivity index (χ3v) is 1.90. The number of ether oxygens (including phenoxy) is 2. The molecule has 1 aromatic carbocycles. The first kappa shape index (κ1) is 9.64. The van der Waals surface area contributed by atoms with Crippen molar-refractivity contribution in [2.24, 2.45) is 0 Å². The largest absolute Gasteiger partial charge is 0.493 e. The van der Waals surface area contributed by atoms with Gasteiger partial charge in [-0.1, -0.05) is 0 Å². The summed E-state index contributed by atoms with van der Waals surface area (Å²) in [5.41, 5.74) is 6.27. The molecular weight excluding hydrogens is 173 g/mol. The van der Waals surface area contributed by atoms with Crippen LogP contribution in [0.4, 0.5) is 10.1 Å². The lowest BCUT2D eigenvalue weighted by Crippen LogP contribution is -2.00. The van der Waals surface area contributed by atoms with Gasteiger partial charge in [0.25, 0.3) is 0 Å². The molecule has 0 aliphatic heterocycles. The Morgan fingerprint density at radius 3 is 2.38 bits per heavy atom. The van der Waals surface area contributed by atoms with Crippen LogP contribution in [0.1, 0.15) is 5.56 Å². The Morgan fingerprint density at radius 1 is 1.31 bits per heavy atom. The van der Waals surface area contributed by atoms with Crippen molar-refractivity contribution in [3.8, 4) is 11.5 Å². The summed E-state index contributed by atoms with van der Waals surface area (Å²) in [7, 11) is 2.82. The van der Waals surface area contributed by atoms with Gasteiger partial charge in [0.2, 0.25) is 0 Å². The highest BCUT2D eigenvalue weighted by atomic mass is 19.1. The maximum absolute atomic E-state index is 13.4. The summed E-state index contributed by atoms with van der Waals surface area (Å²) in [6, 6.07) is 1.54. The van der Waals surface area contributed by atoms with E-state index in [1.165, 1.54) is 20.3 Å². The Balaban J connectivity index is 3.39. The first-order valence-electron chi connectivity index (χ1n) is 3.78. The van der Waals surface area contributed by atoms with E-state index in [-0.39, 0.29) is 5.75 Å². The van der Waals surface area contributed by atoms with Gasteiger partial charge in [0, 0.05) is 17.3 Å². The summed E-state index contributed by atoms with van der Waals surface area (Å²) in [6.07, 6.45) is 0. The molecule has 0 aliphatic carbocycles. The summed E-state index contributed by atoms with van der Waals surface area (Å²) < 4.78 is 23.2. The quantitative estimate of drug-likeness (QED) is 0.713. The van der Waals surface area contributed by atoms with Gasteiger partial charge in [0.05, 0.1) is 14.2 Å². The summed E-state index contributed by atoms with van der Waals surface area (Å²) >= 11 is 0. The number of anilines is 1. The highest BCUT2D eigenvalue weighted by Gasteiger charge is 2.14. The van der Waals surface area contributed by atoms with Crippen molar-refractivity contribution in [3.05, 3.63) is 17.4 Å². The minimum absolute atomic E-state index is 0.0919. The molecule has 0 radical (unpaired) electrons. The molecule has 1 aromatic rings. The standard InChI is InChI=1S/C9H12FNO2/c1-5-6(11)4-7(12-2)9(13-3)8(5)10/h4H,11H2,1-3H3. The molecule has 0 heterocycles. The van der Waals surface area contributed by atoms with E-state index in [1.807, 2.05) is 0 Å². The molecule has 4 heteroatoms. The maximum Gasteiger partial charge on any atom is 0.197 e. The Labute approximate surface area is 76.3 Å². The number of hydrogen-bond donors (Lipinski definition) is 1. The molecule has 0 unspecified atom stereocenters. The number of nitrogen functional groups attached to an aromatic ring is 1. The number of hydrogen-bond acceptors (Lipinski definition) is 3. The SMILES string of the molecule is COc1cc(N)c(C)c(F)c1OC. The zero-order chi connectivity index (χ0) is 10.0. The van der Waals surface area contributed by atoms with Gasteiger partial charge >= 0.3 is 0 Å². The van der Waals surface area contributed by atoms with Crippen molar-refractivity contribution in [1.82, 2.24) is 0 Å². The predicted molar refractivity (Wildman–Crippen MR) is 48.7 cm³/mol. The number of benzene rings is 1. The number of methoxy groups -OCH3 is 2. The number of nitrogens with two attached hydrogens (primary N) is 1. The second-order valence-corrected chi connectivity index (χ2v) is 2.64. The zero-order valence-corrected chi connectivity index (χ0v) is 7.85. The van der Waals surface area contributed by atoms with E-state index in [0.717, 1.165) is 0 Å². The van der Waals surface area contributed by atoms with Gasteiger partial charge in [-0.2, -0.15) is 0 Å². The third kappa shape index (κ3) is 1.52. The Kier molecular flexibility index (Phi) is 2.60. The van der Waals surface area contributed by atoms with Crippen LogP contribution in [-0.4, -0.2) is 14.2 Å². The molecule has 0 spiro atoms. The van der Waals surface area contributed by atoms with E-state index in [2.05, 4.69) is 0 Å². The molecule has 1 rings (SSSR count). The van der Waals surface area contributed by atoms with Crippen LogP contribution >= 0.6 is 0 Å². The summed E-state index contributed by atoms with van der Waals surface area (Å²) in [4.78, 5) is 0. The van der Waals surface area contributed by atoms with E-state index in [4.69, 9.17) is 15.2 Å². The maximum atomic E-state index is 13.4. The van der Waals surface area contributed by atoms with Crippen molar-refractivity contribution < 1.29 is 13.9 Å². The van der Waals surface area contributed by atoms with Crippen LogP contribution < -0.4 is 15.2 Å². The normalized spacial score (nSPS) is 9.85. The first-order valence-corrected chi connectivity index (χ1v) is 3.78. The second-order valence-electron chi connectivity index (χ2n) is 2.64. The van der Waals surface area contributed by atoms with Crippen LogP contribution in [0.15, 0.2) is 6.07 Å². The molecule has 13 heavy (non-hydrogen) atoms. The minimum Gasteiger partial charge on any atom is -0.493 e. The van der Waals surface area contributed by atoms with Gasteiger partial charge in [0.1, 0.15) is 0 Å². The van der Waals surface area contributed by atoms with Crippen LogP contribution in [0.5, 0.6) is 11.5 Å². The van der Waals surface area contributed by atoms with Crippen molar-refractivity contribution in [3.63, 3.8) is 0 Å². The van der Waals surface area contributed by atoms with E-state index >= 15 is 0 Å². The summed E-state index contributed by atoms with van der Waals surface area (Å²) in [5, 5.41) is 0. The Hall–Kier alpha value is -1.45. The minimum atomic E-state index is -0.473. The van der Waals surface area contributed by atoms with Gasteiger partial charge in [-0.25, -0.2) is 4.39 Å². The van der Waals surface area contributed by atoms with Gasteiger partial charge < -0.3 is 15.2 Å². The third-order valence-electron chi connectivity index (χ3n) is 1.90. The smallest absolute Gasteiger partial charge is 0.197 e. The fourth-order valence-electron chi connectivity index (χ4n) is 1.06. The molecular formula is C9H12FNO2. The Morgan fingerprint density at radius 2 is 1.92 bits per heavy atom. The molecule has 0 amide bonds. The van der Waals surface area contributed by atoms with Crippen molar-refractivity contribution in [2.45, 2.75) is 6.92 Å². The molecule has 0 saturated heterocycles. The summed E-state index contributed by atoms with van der Waals surface area (Å²) in [6.45, 7) is 1.59. The van der Waals surface area contributed by atoms with Crippen molar-refractivity contribution in [1.29, 1.82) is 0 Å². The average molecular weight is 185 g/mol. The van der Waals surface area contributed by atoms with Crippen LogP contribution in [0.25, 0.3) is 0 Å². The van der Waals surface area contributed by atoms with Crippen molar-refractivity contribution >= 4 is 5.69 Å². The van der Waals surface area contributed by atoms with Crippen LogP contribution in [0.2, 0.25) is 0 Å². The lowest BCUT2D eigenvalue weighted by atomic mass is 10.1.